The Hall–Kier alpha value is -1.13. The second kappa shape index (κ2) is 6.16. The molecule has 4 nitrogen and oxygen atoms in total. The van der Waals surface area contributed by atoms with E-state index in [9.17, 15) is 0 Å². The number of hydrogen-bond donors (Lipinski definition) is 1. The Bertz CT molecular complexity index is 383. The molecular weight excluding hydrogens is 226 g/mol. The quantitative estimate of drug-likeness (QED) is 0.863. The van der Waals surface area contributed by atoms with E-state index in [2.05, 4.69) is 42.2 Å². The fraction of sp³-hybridized carbons (Fsp3) is 0.643. The van der Waals surface area contributed by atoms with Crippen LogP contribution in [0.4, 0.5) is 5.69 Å². The molecular formula is C14H23N3O. The van der Waals surface area contributed by atoms with E-state index in [-0.39, 0.29) is 0 Å². The number of hydrogen-bond acceptors (Lipinski definition) is 4. The lowest BCUT2D eigenvalue weighted by Gasteiger charge is -2.30. The van der Waals surface area contributed by atoms with Crippen molar-refractivity contribution in [1.29, 1.82) is 0 Å². The first-order valence-corrected chi connectivity index (χ1v) is 6.72. The summed E-state index contributed by atoms with van der Waals surface area (Å²) in [5.41, 5.74) is 2.51. The van der Waals surface area contributed by atoms with Gasteiger partial charge >= 0.3 is 0 Å². The molecule has 1 fully saturated rings. The van der Waals surface area contributed by atoms with E-state index in [1.54, 1.807) is 0 Å². The minimum absolute atomic E-state index is 0.301. The van der Waals surface area contributed by atoms with E-state index >= 15 is 0 Å². The molecule has 2 rings (SSSR count). The molecule has 0 amide bonds. The van der Waals surface area contributed by atoms with Gasteiger partial charge in [-0.1, -0.05) is 6.92 Å². The van der Waals surface area contributed by atoms with Crippen LogP contribution in [0.5, 0.6) is 0 Å². The van der Waals surface area contributed by atoms with E-state index in [4.69, 9.17) is 4.74 Å². The minimum atomic E-state index is 0.301. The first kappa shape index (κ1) is 13.3. The zero-order valence-corrected chi connectivity index (χ0v) is 11.5. The molecule has 4 heteroatoms. The van der Waals surface area contributed by atoms with Gasteiger partial charge in [-0.15, -0.1) is 0 Å². The van der Waals surface area contributed by atoms with Crippen molar-refractivity contribution in [3.8, 4) is 0 Å². The predicted molar refractivity (Wildman–Crippen MR) is 73.8 cm³/mol. The van der Waals surface area contributed by atoms with Crippen molar-refractivity contribution in [3.63, 3.8) is 0 Å². The first-order chi connectivity index (χ1) is 8.74. The van der Waals surface area contributed by atoms with Crippen molar-refractivity contribution >= 4 is 5.69 Å². The summed E-state index contributed by atoms with van der Waals surface area (Å²) in [5, 5.41) is 3.36. The number of ether oxygens (including phenoxy) is 1. The van der Waals surface area contributed by atoms with Gasteiger partial charge in [0.1, 0.15) is 0 Å². The van der Waals surface area contributed by atoms with Crippen LogP contribution in [0.15, 0.2) is 18.5 Å². The molecule has 1 aliphatic rings. The third kappa shape index (κ3) is 2.82. The zero-order valence-electron chi connectivity index (χ0n) is 11.5. The van der Waals surface area contributed by atoms with Crippen LogP contribution in [0, 0.1) is 0 Å². The van der Waals surface area contributed by atoms with Crippen LogP contribution in [0.3, 0.4) is 0 Å². The molecule has 0 bridgehead atoms. The summed E-state index contributed by atoms with van der Waals surface area (Å²) in [6, 6.07) is 2.56. The second-order valence-corrected chi connectivity index (χ2v) is 4.83. The zero-order chi connectivity index (χ0) is 13.0. The SMILES string of the molecule is CCNCc1cnccc1N(C)C1CCOC1C. The second-order valence-electron chi connectivity index (χ2n) is 4.83. The molecule has 2 atom stereocenters. The smallest absolute Gasteiger partial charge is 0.0750 e. The summed E-state index contributed by atoms with van der Waals surface area (Å²) in [4.78, 5) is 6.57. The maximum atomic E-state index is 5.66. The lowest BCUT2D eigenvalue weighted by molar-refractivity contribution is 0.118. The van der Waals surface area contributed by atoms with E-state index < -0.39 is 0 Å². The summed E-state index contributed by atoms with van der Waals surface area (Å²) in [7, 11) is 2.15. The number of aromatic nitrogens is 1. The average molecular weight is 249 g/mol. The largest absolute Gasteiger partial charge is 0.376 e. The third-order valence-electron chi connectivity index (χ3n) is 3.66. The van der Waals surface area contributed by atoms with E-state index in [0.717, 1.165) is 26.1 Å². The molecule has 1 N–H and O–H groups in total. The Balaban J connectivity index is 2.15. The lowest BCUT2D eigenvalue weighted by Crippen LogP contribution is -2.37. The molecule has 0 spiro atoms. The molecule has 2 heterocycles. The van der Waals surface area contributed by atoms with Crippen molar-refractivity contribution in [2.45, 2.75) is 39.0 Å². The first-order valence-electron chi connectivity index (χ1n) is 6.72. The molecule has 1 aromatic rings. The Morgan fingerprint density at radius 1 is 1.56 bits per heavy atom. The van der Waals surface area contributed by atoms with Gasteiger partial charge in [0.25, 0.3) is 0 Å². The van der Waals surface area contributed by atoms with Crippen molar-refractivity contribution in [2.24, 2.45) is 0 Å². The molecule has 0 radical (unpaired) electrons. The summed E-state index contributed by atoms with van der Waals surface area (Å²) in [6.45, 7) is 6.97. The van der Waals surface area contributed by atoms with Gasteiger partial charge < -0.3 is 15.0 Å². The van der Waals surface area contributed by atoms with E-state index in [0.29, 0.717) is 12.1 Å². The number of anilines is 1. The highest BCUT2D eigenvalue weighted by molar-refractivity contribution is 5.52. The van der Waals surface area contributed by atoms with Crippen molar-refractivity contribution in [3.05, 3.63) is 24.0 Å². The number of nitrogens with one attached hydrogen (secondary N) is 1. The number of rotatable bonds is 5. The maximum Gasteiger partial charge on any atom is 0.0750 e. The Kier molecular flexibility index (Phi) is 4.55. The lowest BCUT2D eigenvalue weighted by atomic mass is 10.1. The monoisotopic (exact) mass is 249 g/mol. The standard InChI is InChI=1S/C14H23N3O/c1-4-15-9-12-10-16-7-5-14(12)17(3)13-6-8-18-11(13)2/h5,7,10-11,13,15H,4,6,8-9H2,1-3H3. The third-order valence-corrected chi connectivity index (χ3v) is 3.66. The molecule has 0 saturated carbocycles. The van der Waals surface area contributed by atoms with Gasteiger partial charge in [0.2, 0.25) is 0 Å². The summed E-state index contributed by atoms with van der Waals surface area (Å²) in [6.07, 6.45) is 5.22. The Morgan fingerprint density at radius 2 is 2.39 bits per heavy atom. The van der Waals surface area contributed by atoms with Crippen LogP contribution in [0.1, 0.15) is 25.8 Å². The van der Waals surface area contributed by atoms with Crippen molar-refractivity contribution in [1.82, 2.24) is 10.3 Å². The topological polar surface area (TPSA) is 37.4 Å². The van der Waals surface area contributed by atoms with Crippen LogP contribution in [0.2, 0.25) is 0 Å². The molecule has 2 unspecified atom stereocenters. The molecule has 18 heavy (non-hydrogen) atoms. The van der Waals surface area contributed by atoms with Gasteiger partial charge in [-0.3, -0.25) is 4.98 Å². The Labute approximate surface area is 109 Å². The number of likely N-dealkylation sites (N-methyl/N-ethyl adjacent to an activating group) is 1. The van der Waals surface area contributed by atoms with Gasteiger partial charge in [0.05, 0.1) is 12.1 Å². The Morgan fingerprint density at radius 3 is 3.06 bits per heavy atom. The van der Waals surface area contributed by atoms with Crippen molar-refractivity contribution < 1.29 is 4.74 Å². The molecule has 0 aliphatic carbocycles. The van der Waals surface area contributed by atoms with Crippen molar-refractivity contribution in [2.75, 3.05) is 25.1 Å². The highest BCUT2D eigenvalue weighted by Gasteiger charge is 2.28. The van der Waals surface area contributed by atoms with E-state index in [1.165, 1.54) is 11.3 Å². The van der Waals surface area contributed by atoms with Gasteiger partial charge in [0, 0.05) is 43.8 Å². The predicted octanol–water partition coefficient (Wildman–Crippen LogP) is 1.80. The number of nitrogens with zero attached hydrogens (tertiary/aromatic N) is 2. The van der Waals surface area contributed by atoms with Crippen LogP contribution in [-0.2, 0) is 11.3 Å². The summed E-state index contributed by atoms with van der Waals surface area (Å²) < 4.78 is 5.66. The molecule has 1 aliphatic heterocycles. The van der Waals surface area contributed by atoms with Gasteiger partial charge in [-0.05, 0) is 26.0 Å². The fourth-order valence-corrected chi connectivity index (χ4v) is 2.57. The van der Waals surface area contributed by atoms with Gasteiger partial charge in [-0.2, -0.15) is 0 Å². The van der Waals surface area contributed by atoms with Crippen LogP contribution < -0.4 is 10.2 Å². The highest BCUT2D eigenvalue weighted by Crippen LogP contribution is 2.26. The van der Waals surface area contributed by atoms with Crippen LogP contribution >= 0.6 is 0 Å². The highest BCUT2D eigenvalue weighted by atomic mass is 16.5. The van der Waals surface area contributed by atoms with E-state index in [1.807, 2.05) is 12.4 Å². The molecule has 0 aromatic carbocycles. The molecule has 1 aromatic heterocycles. The van der Waals surface area contributed by atoms with Gasteiger partial charge in [-0.25, -0.2) is 0 Å². The summed E-state index contributed by atoms with van der Waals surface area (Å²) >= 11 is 0. The maximum absolute atomic E-state index is 5.66. The molecule has 100 valence electrons. The number of pyridine rings is 1. The fourth-order valence-electron chi connectivity index (χ4n) is 2.57. The molecule has 1 saturated heterocycles. The normalized spacial score (nSPS) is 23.3. The minimum Gasteiger partial charge on any atom is -0.376 e. The summed E-state index contributed by atoms with van der Waals surface area (Å²) in [5.74, 6) is 0. The van der Waals surface area contributed by atoms with Crippen LogP contribution in [0.25, 0.3) is 0 Å². The van der Waals surface area contributed by atoms with Gasteiger partial charge in [0.15, 0.2) is 0 Å². The van der Waals surface area contributed by atoms with Crippen LogP contribution in [-0.4, -0.2) is 37.3 Å². The average Bonchev–Trinajstić information content (AvgIpc) is 2.82.